The molecule has 0 aliphatic heterocycles. The summed E-state index contributed by atoms with van der Waals surface area (Å²) in [5, 5.41) is 11.4. The number of likely N-dealkylation sites (N-methyl/N-ethyl adjacent to an activating group) is 1. The molecule has 1 unspecified atom stereocenters. The molecule has 7 heteroatoms. The third-order valence-corrected chi connectivity index (χ3v) is 2.83. The Bertz CT molecular complexity index is 450. The van der Waals surface area contributed by atoms with Gasteiger partial charge in [-0.3, -0.25) is 9.78 Å². The van der Waals surface area contributed by atoms with Gasteiger partial charge in [0, 0.05) is 23.9 Å². The molecule has 3 N–H and O–H groups in total. The van der Waals surface area contributed by atoms with E-state index in [1.807, 2.05) is 0 Å². The minimum absolute atomic E-state index is 0.0243. The molecule has 0 saturated heterocycles. The van der Waals surface area contributed by atoms with Crippen molar-refractivity contribution in [1.82, 2.24) is 9.88 Å². The van der Waals surface area contributed by atoms with Crippen LogP contribution in [0.4, 0.5) is 0 Å². The average Bonchev–Trinajstić information content (AvgIpc) is 2.35. The molecule has 1 atom stereocenters. The van der Waals surface area contributed by atoms with Crippen molar-refractivity contribution in [2.75, 3.05) is 7.05 Å². The van der Waals surface area contributed by atoms with E-state index in [1.165, 1.54) is 11.1 Å². The standard InChI is InChI=1S/C10H13BrN4O2/c1-6(9(12)14-17)15(2)10(16)7-3-8(11)5-13-4-7/h3-6,17H,1-2H3,(H2,12,14). The van der Waals surface area contributed by atoms with E-state index >= 15 is 0 Å². The number of hydrogen-bond acceptors (Lipinski definition) is 4. The first-order valence-corrected chi connectivity index (χ1v) is 5.61. The maximum atomic E-state index is 12.0. The SMILES string of the molecule is CC(C(N)=NO)N(C)C(=O)c1cncc(Br)c1. The molecule has 0 aromatic carbocycles. The zero-order chi connectivity index (χ0) is 13.0. The number of carbonyl (C=O) groups is 1. The summed E-state index contributed by atoms with van der Waals surface area (Å²) in [5.41, 5.74) is 5.87. The fourth-order valence-electron chi connectivity index (χ4n) is 1.19. The Morgan fingerprint density at radius 2 is 2.29 bits per heavy atom. The summed E-state index contributed by atoms with van der Waals surface area (Å²) < 4.78 is 0.716. The number of aromatic nitrogens is 1. The molecule has 0 fully saturated rings. The molecule has 0 spiro atoms. The fourth-order valence-corrected chi connectivity index (χ4v) is 1.56. The molecule has 1 amide bonds. The van der Waals surface area contributed by atoms with Crippen molar-refractivity contribution in [2.45, 2.75) is 13.0 Å². The van der Waals surface area contributed by atoms with Crippen LogP contribution in [0.3, 0.4) is 0 Å². The van der Waals surface area contributed by atoms with Crippen molar-refractivity contribution in [3.05, 3.63) is 28.5 Å². The molecule has 17 heavy (non-hydrogen) atoms. The van der Waals surface area contributed by atoms with Crippen molar-refractivity contribution < 1.29 is 10.0 Å². The van der Waals surface area contributed by atoms with Gasteiger partial charge in [0.25, 0.3) is 5.91 Å². The molecule has 0 radical (unpaired) electrons. The minimum Gasteiger partial charge on any atom is -0.409 e. The molecule has 6 nitrogen and oxygen atoms in total. The summed E-state index contributed by atoms with van der Waals surface area (Å²) in [6.45, 7) is 1.67. The van der Waals surface area contributed by atoms with Crippen LogP contribution in [0, 0.1) is 0 Å². The lowest BCUT2D eigenvalue weighted by molar-refractivity contribution is 0.0776. The lowest BCUT2D eigenvalue weighted by atomic mass is 10.2. The van der Waals surface area contributed by atoms with Gasteiger partial charge >= 0.3 is 0 Å². The van der Waals surface area contributed by atoms with Crippen LogP contribution in [0.5, 0.6) is 0 Å². The van der Waals surface area contributed by atoms with Crippen LogP contribution < -0.4 is 5.73 Å². The molecule has 1 aromatic heterocycles. The summed E-state index contributed by atoms with van der Waals surface area (Å²) in [6.07, 6.45) is 3.05. The van der Waals surface area contributed by atoms with E-state index in [4.69, 9.17) is 10.9 Å². The second-order valence-corrected chi connectivity index (χ2v) is 4.42. The van der Waals surface area contributed by atoms with Crippen molar-refractivity contribution in [2.24, 2.45) is 10.9 Å². The number of pyridine rings is 1. The zero-order valence-corrected chi connectivity index (χ0v) is 11.0. The van der Waals surface area contributed by atoms with E-state index in [0.29, 0.717) is 10.0 Å². The minimum atomic E-state index is -0.494. The topological polar surface area (TPSA) is 91.8 Å². The number of rotatable bonds is 3. The summed E-state index contributed by atoms with van der Waals surface area (Å²) in [6, 6.07) is 1.16. The number of amidine groups is 1. The Balaban J connectivity index is 2.90. The van der Waals surface area contributed by atoms with Gasteiger partial charge in [-0.15, -0.1) is 0 Å². The number of halogens is 1. The molecule has 1 rings (SSSR count). The van der Waals surface area contributed by atoms with Gasteiger partial charge in [-0.2, -0.15) is 0 Å². The number of hydrogen-bond donors (Lipinski definition) is 2. The molecule has 0 saturated carbocycles. The third kappa shape index (κ3) is 3.16. The second-order valence-electron chi connectivity index (χ2n) is 3.51. The smallest absolute Gasteiger partial charge is 0.255 e. The predicted molar refractivity (Wildman–Crippen MR) is 66.9 cm³/mol. The summed E-state index contributed by atoms with van der Waals surface area (Å²) in [7, 11) is 1.58. The molecule has 0 bridgehead atoms. The van der Waals surface area contributed by atoms with Crippen molar-refractivity contribution >= 4 is 27.7 Å². The summed E-state index contributed by atoms with van der Waals surface area (Å²) >= 11 is 3.24. The second kappa shape index (κ2) is 5.62. The van der Waals surface area contributed by atoms with E-state index in [0.717, 1.165) is 0 Å². The highest BCUT2D eigenvalue weighted by Gasteiger charge is 2.20. The van der Waals surface area contributed by atoms with Crippen molar-refractivity contribution in [3.8, 4) is 0 Å². The lowest BCUT2D eigenvalue weighted by Crippen LogP contribution is -2.43. The van der Waals surface area contributed by atoms with Gasteiger partial charge in [-0.05, 0) is 28.9 Å². The van der Waals surface area contributed by atoms with Crippen LogP contribution in [-0.4, -0.2) is 39.9 Å². The largest absolute Gasteiger partial charge is 0.409 e. The Kier molecular flexibility index (Phi) is 4.45. The number of carbonyl (C=O) groups excluding carboxylic acids is 1. The zero-order valence-electron chi connectivity index (χ0n) is 9.46. The lowest BCUT2D eigenvalue weighted by Gasteiger charge is -2.23. The van der Waals surface area contributed by atoms with E-state index < -0.39 is 6.04 Å². The van der Waals surface area contributed by atoms with Crippen molar-refractivity contribution in [3.63, 3.8) is 0 Å². The molecular weight excluding hydrogens is 288 g/mol. The number of nitrogens with two attached hydrogens (primary N) is 1. The highest BCUT2D eigenvalue weighted by atomic mass is 79.9. The maximum Gasteiger partial charge on any atom is 0.255 e. The number of nitrogens with zero attached hydrogens (tertiary/aromatic N) is 3. The van der Waals surface area contributed by atoms with E-state index in [-0.39, 0.29) is 11.7 Å². The summed E-state index contributed by atoms with van der Waals surface area (Å²) in [5.74, 6) is -0.276. The first-order chi connectivity index (χ1) is 7.97. The molecule has 1 heterocycles. The molecule has 92 valence electrons. The Morgan fingerprint density at radius 1 is 1.65 bits per heavy atom. The van der Waals surface area contributed by atoms with Crippen LogP contribution in [-0.2, 0) is 0 Å². The van der Waals surface area contributed by atoms with Crippen LogP contribution in [0.25, 0.3) is 0 Å². The van der Waals surface area contributed by atoms with Crippen LogP contribution >= 0.6 is 15.9 Å². The highest BCUT2D eigenvalue weighted by Crippen LogP contribution is 2.12. The van der Waals surface area contributed by atoms with Gasteiger partial charge in [-0.1, -0.05) is 5.16 Å². The van der Waals surface area contributed by atoms with E-state index in [9.17, 15) is 4.79 Å². The first kappa shape index (κ1) is 13.4. The normalized spacial score (nSPS) is 13.2. The molecule has 1 aromatic rings. The van der Waals surface area contributed by atoms with Crippen LogP contribution in [0.15, 0.2) is 28.1 Å². The van der Waals surface area contributed by atoms with Crippen LogP contribution in [0.2, 0.25) is 0 Å². The van der Waals surface area contributed by atoms with E-state index in [1.54, 1.807) is 26.2 Å². The number of oxime groups is 1. The van der Waals surface area contributed by atoms with Gasteiger partial charge in [-0.25, -0.2) is 0 Å². The monoisotopic (exact) mass is 300 g/mol. The van der Waals surface area contributed by atoms with Crippen molar-refractivity contribution in [1.29, 1.82) is 0 Å². The first-order valence-electron chi connectivity index (χ1n) is 4.82. The molecule has 0 aliphatic carbocycles. The maximum absolute atomic E-state index is 12.0. The fraction of sp³-hybridized carbons (Fsp3) is 0.300. The van der Waals surface area contributed by atoms with E-state index in [2.05, 4.69) is 26.1 Å². The van der Waals surface area contributed by atoms with Gasteiger partial charge in [0.15, 0.2) is 5.84 Å². The highest BCUT2D eigenvalue weighted by molar-refractivity contribution is 9.10. The van der Waals surface area contributed by atoms with Crippen LogP contribution in [0.1, 0.15) is 17.3 Å². The number of amides is 1. The van der Waals surface area contributed by atoms with Gasteiger partial charge in [0.1, 0.15) is 0 Å². The Labute approximate surface area is 107 Å². The summed E-state index contributed by atoms with van der Waals surface area (Å²) in [4.78, 5) is 17.3. The van der Waals surface area contributed by atoms with Gasteiger partial charge < -0.3 is 15.8 Å². The average molecular weight is 301 g/mol. The van der Waals surface area contributed by atoms with Gasteiger partial charge in [0.2, 0.25) is 0 Å². The molecule has 0 aliphatic rings. The Morgan fingerprint density at radius 3 is 2.82 bits per heavy atom. The Hall–Kier alpha value is -1.63. The molecular formula is C10H13BrN4O2. The van der Waals surface area contributed by atoms with Gasteiger partial charge in [0.05, 0.1) is 11.6 Å². The third-order valence-electron chi connectivity index (χ3n) is 2.40. The quantitative estimate of drug-likeness (QED) is 0.378. The predicted octanol–water partition coefficient (Wildman–Crippen LogP) is 1.05.